The Morgan fingerprint density at radius 2 is 2.03 bits per heavy atom. The Balaban J connectivity index is 1.46. The third-order valence-electron chi connectivity index (χ3n) is 6.57. The number of hydrogen-bond acceptors (Lipinski definition) is 6. The summed E-state index contributed by atoms with van der Waals surface area (Å²) in [4.78, 5) is 32.1. The third-order valence-corrected chi connectivity index (χ3v) is 6.57. The second-order valence-corrected chi connectivity index (χ2v) is 8.70. The predicted molar refractivity (Wildman–Crippen MR) is 126 cm³/mol. The first-order valence-electron chi connectivity index (χ1n) is 11.6. The van der Waals surface area contributed by atoms with Gasteiger partial charge in [0.25, 0.3) is 5.91 Å². The number of hydrogen-bond donors (Lipinski definition) is 0. The number of methoxy groups -OCH3 is 1. The monoisotopic (exact) mass is 443 g/mol. The Kier molecular flexibility index (Phi) is 5.94. The van der Waals surface area contributed by atoms with E-state index in [1.807, 2.05) is 41.4 Å². The lowest BCUT2D eigenvalue weighted by Gasteiger charge is -2.32. The zero-order valence-electron chi connectivity index (χ0n) is 19.2. The highest BCUT2D eigenvalue weighted by Gasteiger charge is 2.34. The van der Waals surface area contributed by atoms with Gasteiger partial charge in [-0.15, -0.1) is 0 Å². The molecule has 0 aliphatic carbocycles. The van der Waals surface area contributed by atoms with Crippen LogP contribution in [0.5, 0.6) is 5.75 Å². The van der Waals surface area contributed by atoms with Gasteiger partial charge in [-0.3, -0.25) is 9.78 Å². The highest BCUT2D eigenvalue weighted by atomic mass is 16.5. The van der Waals surface area contributed by atoms with Gasteiger partial charge >= 0.3 is 0 Å². The molecule has 0 radical (unpaired) electrons. The van der Waals surface area contributed by atoms with Crippen molar-refractivity contribution < 1.29 is 9.53 Å². The molecule has 7 heteroatoms. The van der Waals surface area contributed by atoms with Crippen molar-refractivity contribution in [2.24, 2.45) is 0 Å². The maximum absolute atomic E-state index is 13.4. The van der Waals surface area contributed by atoms with Crippen LogP contribution in [-0.2, 0) is 13.0 Å². The van der Waals surface area contributed by atoms with Crippen LogP contribution in [0.1, 0.15) is 58.4 Å². The molecular weight excluding hydrogens is 414 g/mol. The van der Waals surface area contributed by atoms with Gasteiger partial charge in [0.1, 0.15) is 11.6 Å². The molecule has 4 heterocycles. The molecule has 1 saturated heterocycles. The van der Waals surface area contributed by atoms with Crippen molar-refractivity contribution in [2.75, 3.05) is 25.1 Å². The van der Waals surface area contributed by atoms with Gasteiger partial charge < -0.3 is 14.5 Å². The number of pyridine rings is 1. The summed E-state index contributed by atoms with van der Waals surface area (Å²) >= 11 is 0. The summed E-state index contributed by atoms with van der Waals surface area (Å²) in [5, 5.41) is 0. The fraction of sp³-hybridized carbons (Fsp3) is 0.385. The summed E-state index contributed by atoms with van der Waals surface area (Å²) in [6, 6.07) is 13.2. The summed E-state index contributed by atoms with van der Waals surface area (Å²) in [6.07, 6.45) is 5.70. The average molecular weight is 444 g/mol. The van der Waals surface area contributed by atoms with E-state index in [2.05, 4.69) is 22.9 Å². The second kappa shape index (κ2) is 9.17. The number of aryl methyl sites for hydroxylation is 1. The first-order valence-corrected chi connectivity index (χ1v) is 11.6. The van der Waals surface area contributed by atoms with Crippen molar-refractivity contribution in [2.45, 2.75) is 45.2 Å². The number of aromatic nitrogens is 3. The molecule has 1 amide bonds. The second-order valence-electron chi connectivity index (χ2n) is 8.70. The molecule has 0 bridgehead atoms. The quantitative estimate of drug-likeness (QED) is 0.591. The highest BCUT2D eigenvalue weighted by molar-refractivity contribution is 5.95. The van der Waals surface area contributed by atoms with E-state index in [1.165, 1.54) is 5.56 Å². The van der Waals surface area contributed by atoms with Crippen molar-refractivity contribution in [3.05, 3.63) is 77.0 Å². The summed E-state index contributed by atoms with van der Waals surface area (Å²) < 4.78 is 5.31. The molecule has 33 heavy (non-hydrogen) atoms. The van der Waals surface area contributed by atoms with Crippen molar-refractivity contribution in [3.63, 3.8) is 0 Å². The van der Waals surface area contributed by atoms with Crippen LogP contribution in [0, 0.1) is 6.92 Å². The molecule has 5 rings (SSSR count). The van der Waals surface area contributed by atoms with Crippen molar-refractivity contribution in [1.82, 2.24) is 19.9 Å². The molecule has 0 unspecified atom stereocenters. The Bertz CT molecular complexity index is 1150. The van der Waals surface area contributed by atoms with Gasteiger partial charge in [0.2, 0.25) is 0 Å². The Hall–Kier alpha value is -3.48. The van der Waals surface area contributed by atoms with Crippen LogP contribution < -0.4 is 9.64 Å². The standard InChI is InChI=1S/C26H29N5O2/c1-18-22-11-6-14-30(17-20-9-3-4-13-27-20)25(22)29-24(28-18)23-12-7-15-31(23)26(32)19-8-5-10-21(16-19)33-2/h3-5,8-10,13,16,23H,6-7,11-12,14-15,17H2,1-2H3/t23-/m0/s1. The number of carbonyl (C=O) groups is 1. The minimum absolute atomic E-state index is 0.000662. The zero-order valence-corrected chi connectivity index (χ0v) is 19.2. The molecule has 7 nitrogen and oxygen atoms in total. The molecule has 0 saturated carbocycles. The van der Waals surface area contributed by atoms with E-state index in [0.29, 0.717) is 17.9 Å². The van der Waals surface area contributed by atoms with Crippen LogP contribution >= 0.6 is 0 Å². The number of benzene rings is 1. The summed E-state index contributed by atoms with van der Waals surface area (Å²) in [6.45, 7) is 4.44. The smallest absolute Gasteiger partial charge is 0.254 e. The van der Waals surface area contributed by atoms with Gasteiger partial charge in [-0.05, 0) is 62.9 Å². The maximum atomic E-state index is 13.4. The van der Waals surface area contributed by atoms with E-state index in [4.69, 9.17) is 14.7 Å². The van der Waals surface area contributed by atoms with E-state index in [1.54, 1.807) is 13.2 Å². The molecule has 1 atom stereocenters. The summed E-state index contributed by atoms with van der Waals surface area (Å²) in [5.41, 5.74) is 3.89. The first kappa shape index (κ1) is 21.4. The van der Waals surface area contributed by atoms with E-state index in [9.17, 15) is 4.79 Å². The topological polar surface area (TPSA) is 71.5 Å². The first-order chi connectivity index (χ1) is 16.1. The number of likely N-dealkylation sites (tertiary alicyclic amines) is 1. The number of fused-ring (bicyclic) bond motifs is 1. The number of rotatable bonds is 5. The lowest BCUT2D eigenvalue weighted by molar-refractivity contribution is 0.0729. The van der Waals surface area contributed by atoms with Crippen LogP contribution in [0.2, 0.25) is 0 Å². The number of amides is 1. The Morgan fingerprint density at radius 3 is 2.85 bits per heavy atom. The zero-order chi connectivity index (χ0) is 22.8. The molecule has 2 aliphatic heterocycles. The number of anilines is 1. The number of ether oxygens (including phenoxy) is 1. The minimum atomic E-state index is -0.119. The number of carbonyl (C=O) groups excluding carboxylic acids is 1. The normalized spacial score (nSPS) is 17.7. The Morgan fingerprint density at radius 1 is 1.12 bits per heavy atom. The minimum Gasteiger partial charge on any atom is -0.497 e. The predicted octanol–water partition coefficient (Wildman–Crippen LogP) is 4.12. The largest absolute Gasteiger partial charge is 0.497 e. The van der Waals surface area contributed by atoms with Crippen LogP contribution in [-0.4, -0.2) is 46.0 Å². The fourth-order valence-corrected chi connectivity index (χ4v) is 4.90. The highest BCUT2D eigenvalue weighted by Crippen LogP contribution is 2.35. The van der Waals surface area contributed by atoms with Gasteiger partial charge in [-0.2, -0.15) is 0 Å². The van der Waals surface area contributed by atoms with Crippen molar-refractivity contribution >= 4 is 11.7 Å². The molecule has 1 fully saturated rings. The van der Waals surface area contributed by atoms with E-state index in [0.717, 1.165) is 61.8 Å². The van der Waals surface area contributed by atoms with Crippen molar-refractivity contribution in [1.29, 1.82) is 0 Å². The van der Waals surface area contributed by atoms with Crippen molar-refractivity contribution in [3.8, 4) is 5.75 Å². The van der Waals surface area contributed by atoms with Gasteiger partial charge in [-0.1, -0.05) is 12.1 Å². The molecule has 3 aromatic rings. The van der Waals surface area contributed by atoms with Crippen LogP contribution in [0.4, 0.5) is 5.82 Å². The van der Waals surface area contributed by atoms with E-state index < -0.39 is 0 Å². The molecule has 2 aromatic heterocycles. The average Bonchev–Trinajstić information content (AvgIpc) is 3.35. The lowest BCUT2D eigenvalue weighted by Crippen LogP contribution is -2.34. The molecule has 2 aliphatic rings. The van der Waals surface area contributed by atoms with Crippen LogP contribution in [0.15, 0.2) is 48.7 Å². The molecule has 0 N–H and O–H groups in total. The third kappa shape index (κ3) is 4.27. The molecule has 1 aromatic carbocycles. The fourth-order valence-electron chi connectivity index (χ4n) is 4.90. The summed E-state index contributed by atoms with van der Waals surface area (Å²) in [5.74, 6) is 2.42. The van der Waals surface area contributed by atoms with Gasteiger partial charge in [0, 0.05) is 36.1 Å². The maximum Gasteiger partial charge on any atom is 0.254 e. The van der Waals surface area contributed by atoms with Gasteiger partial charge in [0.05, 0.1) is 25.4 Å². The SMILES string of the molecule is COc1cccc(C(=O)N2CCC[C@H]2c2nc(C)c3c(n2)N(Cc2ccccn2)CCC3)c1. The van der Waals surface area contributed by atoms with Crippen LogP contribution in [0.3, 0.4) is 0 Å². The van der Waals surface area contributed by atoms with Gasteiger partial charge in [-0.25, -0.2) is 9.97 Å². The molecular formula is C26H29N5O2. The lowest BCUT2D eigenvalue weighted by atomic mass is 10.0. The molecule has 0 spiro atoms. The molecule has 170 valence electrons. The number of nitrogens with zero attached hydrogens (tertiary/aromatic N) is 5. The van der Waals surface area contributed by atoms with Gasteiger partial charge in [0.15, 0.2) is 5.82 Å². The van der Waals surface area contributed by atoms with E-state index in [-0.39, 0.29) is 11.9 Å². The summed E-state index contributed by atoms with van der Waals surface area (Å²) in [7, 11) is 1.61. The van der Waals surface area contributed by atoms with E-state index >= 15 is 0 Å². The Labute approximate surface area is 194 Å². The van der Waals surface area contributed by atoms with Crippen LogP contribution in [0.25, 0.3) is 0 Å².